The van der Waals surface area contributed by atoms with Gasteiger partial charge in [-0.3, -0.25) is 0 Å². The van der Waals surface area contributed by atoms with Crippen LogP contribution in [0.15, 0.2) is 39.6 Å². The minimum Gasteiger partial charge on any atom is -0.316 e. The molecule has 1 aromatic carbocycles. The van der Waals surface area contributed by atoms with E-state index in [1.165, 1.54) is 15.7 Å². The third-order valence-electron chi connectivity index (χ3n) is 2.92. The summed E-state index contributed by atoms with van der Waals surface area (Å²) in [7, 11) is 0. The van der Waals surface area contributed by atoms with Crippen LogP contribution in [0.4, 0.5) is 0 Å². The third kappa shape index (κ3) is 3.64. The van der Waals surface area contributed by atoms with E-state index in [1.807, 2.05) is 5.51 Å². The van der Waals surface area contributed by atoms with E-state index in [2.05, 4.69) is 62.8 Å². The highest BCUT2D eigenvalue weighted by molar-refractivity contribution is 9.10. The van der Waals surface area contributed by atoms with Crippen molar-refractivity contribution < 1.29 is 0 Å². The van der Waals surface area contributed by atoms with Crippen molar-refractivity contribution in [2.24, 2.45) is 0 Å². The molecule has 18 heavy (non-hydrogen) atoms. The molecule has 2 rings (SSSR count). The zero-order chi connectivity index (χ0) is 12.8. The lowest BCUT2D eigenvalue weighted by molar-refractivity contribution is 0.589. The number of halogens is 1. The van der Waals surface area contributed by atoms with Crippen molar-refractivity contribution in [3.05, 3.63) is 50.9 Å². The van der Waals surface area contributed by atoms with E-state index in [-0.39, 0.29) is 0 Å². The summed E-state index contributed by atoms with van der Waals surface area (Å²) in [6, 6.07) is 8.45. The third-order valence-corrected chi connectivity index (χ3v) is 4.28. The molecule has 0 bridgehead atoms. The van der Waals surface area contributed by atoms with Crippen LogP contribution < -0.4 is 5.32 Å². The Balaban J connectivity index is 2.16. The van der Waals surface area contributed by atoms with E-state index >= 15 is 0 Å². The van der Waals surface area contributed by atoms with Crippen LogP contribution in [0.1, 0.15) is 24.1 Å². The van der Waals surface area contributed by atoms with Gasteiger partial charge in [-0.25, -0.2) is 4.98 Å². The predicted molar refractivity (Wildman–Crippen MR) is 81.2 cm³/mol. The van der Waals surface area contributed by atoms with Gasteiger partial charge in [-0.1, -0.05) is 41.1 Å². The predicted octanol–water partition coefficient (Wildman–Crippen LogP) is 3.84. The highest BCUT2D eigenvalue weighted by atomic mass is 79.9. The smallest absolute Gasteiger partial charge is 0.0794 e. The Morgan fingerprint density at radius 3 is 2.89 bits per heavy atom. The van der Waals surface area contributed by atoms with Gasteiger partial charge in [0.1, 0.15) is 0 Å². The summed E-state index contributed by atoms with van der Waals surface area (Å²) in [5.41, 5.74) is 4.43. The second kappa shape index (κ2) is 7.02. The highest BCUT2D eigenvalue weighted by Gasteiger charge is 2.15. The molecule has 2 aromatic rings. The number of nitrogens with zero attached hydrogens (tertiary/aromatic N) is 1. The quantitative estimate of drug-likeness (QED) is 0.873. The van der Waals surface area contributed by atoms with E-state index < -0.39 is 0 Å². The van der Waals surface area contributed by atoms with Gasteiger partial charge in [0.25, 0.3) is 0 Å². The van der Waals surface area contributed by atoms with Crippen molar-refractivity contribution >= 4 is 27.3 Å². The zero-order valence-corrected chi connectivity index (χ0v) is 12.8. The fourth-order valence-corrected chi connectivity index (χ4v) is 3.19. The molecule has 1 unspecified atom stereocenters. The number of rotatable bonds is 6. The van der Waals surface area contributed by atoms with Gasteiger partial charge < -0.3 is 5.32 Å². The number of hydrogen-bond donors (Lipinski definition) is 1. The summed E-state index contributed by atoms with van der Waals surface area (Å²) < 4.78 is 1.18. The number of thiazole rings is 1. The molecule has 2 nitrogen and oxygen atoms in total. The van der Waals surface area contributed by atoms with E-state index in [0.717, 1.165) is 19.5 Å². The Hall–Kier alpha value is -0.710. The largest absolute Gasteiger partial charge is 0.316 e. The molecule has 0 fully saturated rings. The molecule has 0 spiro atoms. The standard InChI is InChI=1S/C14H17BrN2S/c1-2-16-8-11(7-12-9-18-10-17-12)13-5-3-4-6-14(13)15/h3-6,9-11,16H,2,7-8H2,1H3. The van der Waals surface area contributed by atoms with E-state index in [4.69, 9.17) is 0 Å². The molecule has 0 radical (unpaired) electrons. The first kappa shape index (κ1) is 13.7. The summed E-state index contributed by atoms with van der Waals surface area (Å²) in [5, 5.41) is 5.58. The van der Waals surface area contributed by atoms with Crippen LogP contribution in [-0.2, 0) is 6.42 Å². The summed E-state index contributed by atoms with van der Waals surface area (Å²) in [4.78, 5) is 4.39. The molecular formula is C14H17BrN2S. The molecule has 96 valence electrons. The monoisotopic (exact) mass is 324 g/mol. The van der Waals surface area contributed by atoms with Crippen LogP contribution in [-0.4, -0.2) is 18.1 Å². The topological polar surface area (TPSA) is 24.9 Å². The van der Waals surface area contributed by atoms with Crippen LogP contribution in [0.5, 0.6) is 0 Å². The molecule has 0 aliphatic carbocycles. The van der Waals surface area contributed by atoms with E-state index in [1.54, 1.807) is 11.3 Å². The Morgan fingerprint density at radius 2 is 2.22 bits per heavy atom. The molecule has 0 saturated heterocycles. The van der Waals surface area contributed by atoms with Gasteiger partial charge in [0.05, 0.1) is 11.2 Å². The maximum absolute atomic E-state index is 4.39. The Bertz CT molecular complexity index is 470. The lowest BCUT2D eigenvalue weighted by Gasteiger charge is -2.18. The summed E-state index contributed by atoms with van der Waals surface area (Å²) in [6.07, 6.45) is 0.985. The first-order valence-electron chi connectivity index (χ1n) is 6.13. The molecular weight excluding hydrogens is 308 g/mol. The fraction of sp³-hybridized carbons (Fsp3) is 0.357. The summed E-state index contributed by atoms with van der Waals surface area (Å²) >= 11 is 5.31. The fourth-order valence-electron chi connectivity index (χ4n) is 2.01. The highest BCUT2D eigenvalue weighted by Crippen LogP contribution is 2.27. The number of nitrogens with one attached hydrogen (secondary N) is 1. The van der Waals surface area contributed by atoms with Crippen LogP contribution in [0.2, 0.25) is 0 Å². The van der Waals surface area contributed by atoms with Gasteiger partial charge >= 0.3 is 0 Å². The molecule has 4 heteroatoms. The van der Waals surface area contributed by atoms with Gasteiger partial charge in [-0.15, -0.1) is 11.3 Å². The minimum atomic E-state index is 0.461. The first-order valence-corrected chi connectivity index (χ1v) is 7.87. The van der Waals surface area contributed by atoms with Gasteiger partial charge in [0, 0.05) is 22.3 Å². The Kier molecular flexibility index (Phi) is 5.35. The Labute approximate surface area is 121 Å². The van der Waals surface area contributed by atoms with E-state index in [0.29, 0.717) is 5.92 Å². The molecule has 1 aromatic heterocycles. The normalized spacial score (nSPS) is 12.6. The molecule has 1 heterocycles. The zero-order valence-electron chi connectivity index (χ0n) is 10.4. The second-order valence-corrected chi connectivity index (χ2v) is 5.78. The van der Waals surface area contributed by atoms with Crippen LogP contribution >= 0.6 is 27.3 Å². The van der Waals surface area contributed by atoms with Crippen molar-refractivity contribution in [1.29, 1.82) is 0 Å². The SMILES string of the molecule is CCNCC(Cc1cscn1)c1ccccc1Br. The van der Waals surface area contributed by atoms with Crippen molar-refractivity contribution in [2.45, 2.75) is 19.3 Å². The van der Waals surface area contributed by atoms with Crippen LogP contribution in [0.3, 0.4) is 0 Å². The van der Waals surface area contributed by atoms with Gasteiger partial charge in [-0.05, 0) is 24.6 Å². The lowest BCUT2D eigenvalue weighted by atomic mass is 9.94. The van der Waals surface area contributed by atoms with Crippen molar-refractivity contribution in [3.8, 4) is 0 Å². The molecule has 0 amide bonds. The summed E-state index contributed by atoms with van der Waals surface area (Å²) in [6.45, 7) is 4.12. The first-order chi connectivity index (χ1) is 8.81. The van der Waals surface area contributed by atoms with Crippen molar-refractivity contribution in [1.82, 2.24) is 10.3 Å². The lowest BCUT2D eigenvalue weighted by Crippen LogP contribution is -2.23. The Morgan fingerprint density at radius 1 is 1.39 bits per heavy atom. The van der Waals surface area contributed by atoms with Gasteiger partial charge in [0.2, 0.25) is 0 Å². The number of hydrogen-bond acceptors (Lipinski definition) is 3. The molecule has 0 aliphatic heterocycles. The number of benzene rings is 1. The van der Waals surface area contributed by atoms with Crippen LogP contribution in [0.25, 0.3) is 0 Å². The maximum atomic E-state index is 4.39. The summed E-state index contributed by atoms with van der Waals surface area (Å²) in [5.74, 6) is 0.461. The number of aromatic nitrogens is 1. The number of likely N-dealkylation sites (N-methyl/N-ethyl adjacent to an activating group) is 1. The van der Waals surface area contributed by atoms with Gasteiger partial charge in [0.15, 0.2) is 0 Å². The average molecular weight is 325 g/mol. The molecule has 0 aliphatic rings. The molecule has 1 atom stereocenters. The molecule has 0 saturated carbocycles. The van der Waals surface area contributed by atoms with Crippen molar-refractivity contribution in [3.63, 3.8) is 0 Å². The van der Waals surface area contributed by atoms with Crippen molar-refractivity contribution in [2.75, 3.05) is 13.1 Å². The van der Waals surface area contributed by atoms with E-state index in [9.17, 15) is 0 Å². The van der Waals surface area contributed by atoms with Gasteiger partial charge in [-0.2, -0.15) is 0 Å². The minimum absolute atomic E-state index is 0.461. The average Bonchev–Trinajstić information content (AvgIpc) is 2.88. The molecule has 1 N–H and O–H groups in total. The second-order valence-electron chi connectivity index (χ2n) is 4.21. The van der Waals surface area contributed by atoms with Crippen LogP contribution in [0, 0.1) is 0 Å². The maximum Gasteiger partial charge on any atom is 0.0794 e.